The smallest absolute Gasteiger partial charge is 0.176 e. The number of benzene rings is 1. The average Bonchev–Trinajstić information content (AvgIpc) is 2.67. The molecule has 104 valence electrons. The third kappa shape index (κ3) is 4.15. The molecule has 1 aromatic carbocycles. The summed E-state index contributed by atoms with van der Waals surface area (Å²) in [5, 5.41) is 3.36. The van der Waals surface area contributed by atoms with Crippen LogP contribution in [0.3, 0.4) is 0 Å². The van der Waals surface area contributed by atoms with Crippen LogP contribution in [0, 0.1) is 0 Å². The van der Waals surface area contributed by atoms with E-state index < -0.39 is 0 Å². The standard InChI is InChI=1S/C16H24N2O/c1-13(2)14-4-6-15(7-5-14)16(19)12-18-10-3-8-17-9-11-18/h4-7,13,17H,3,8-12H2,1-2H3. The molecule has 0 aromatic heterocycles. The topological polar surface area (TPSA) is 32.3 Å². The lowest BCUT2D eigenvalue weighted by atomic mass is 10.0. The predicted molar refractivity (Wildman–Crippen MR) is 78.8 cm³/mol. The van der Waals surface area contributed by atoms with Crippen LogP contribution in [0.5, 0.6) is 0 Å². The molecule has 1 aliphatic heterocycles. The first-order chi connectivity index (χ1) is 9.16. The lowest BCUT2D eigenvalue weighted by molar-refractivity contribution is 0.0935. The fourth-order valence-corrected chi connectivity index (χ4v) is 2.41. The summed E-state index contributed by atoms with van der Waals surface area (Å²) in [5.74, 6) is 0.748. The van der Waals surface area contributed by atoms with Crippen LogP contribution >= 0.6 is 0 Å². The van der Waals surface area contributed by atoms with Gasteiger partial charge in [-0.15, -0.1) is 0 Å². The number of Topliss-reactive ketones (excluding diaryl/α,β-unsaturated/α-hetero) is 1. The summed E-state index contributed by atoms with van der Waals surface area (Å²) >= 11 is 0. The molecular formula is C16H24N2O. The van der Waals surface area contributed by atoms with E-state index in [1.807, 2.05) is 12.1 Å². The second-order valence-electron chi connectivity index (χ2n) is 5.58. The molecule has 0 saturated carbocycles. The molecule has 1 aromatic rings. The second kappa shape index (κ2) is 6.83. The Labute approximate surface area is 116 Å². The van der Waals surface area contributed by atoms with Crippen LogP contribution in [-0.2, 0) is 0 Å². The summed E-state index contributed by atoms with van der Waals surface area (Å²) in [6, 6.07) is 8.07. The molecule has 0 amide bonds. The molecular weight excluding hydrogens is 236 g/mol. The van der Waals surface area contributed by atoms with Crippen LogP contribution in [-0.4, -0.2) is 43.4 Å². The van der Waals surface area contributed by atoms with Crippen LogP contribution in [0.1, 0.15) is 42.1 Å². The normalized spacial score (nSPS) is 17.4. The highest BCUT2D eigenvalue weighted by molar-refractivity contribution is 5.97. The van der Waals surface area contributed by atoms with E-state index in [1.54, 1.807) is 0 Å². The molecule has 0 bridgehead atoms. The Morgan fingerprint density at radius 2 is 1.95 bits per heavy atom. The van der Waals surface area contributed by atoms with Gasteiger partial charge in [0.1, 0.15) is 0 Å². The van der Waals surface area contributed by atoms with E-state index in [1.165, 1.54) is 5.56 Å². The van der Waals surface area contributed by atoms with E-state index in [9.17, 15) is 4.79 Å². The Morgan fingerprint density at radius 3 is 2.63 bits per heavy atom. The van der Waals surface area contributed by atoms with E-state index in [-0.39, 0.29) is 5.78 Å². The molecule has 0 spiro atoms. The first-order valence-corrected chi connectivity index (χ1v) is 7.23. The summed E-state index contributed by atoms with van der Waals surface area (Å²) in [6.07, 6.45) is 1.12. The molecule has 1 fully saturated rings. The number of carbonyl (C=O) groups is 1. The minimum absolute atomic E-state index is 0.234. The molecule has 3 heteroatoms. The largest absolute Gasteiger partial charge is 0.315 e. The quantitative estimate of drug-likeness (QED) is 0.843. The lowest BCUT2D eigenvalue weighted by Crippen LogP contribution is -2.33. The summed E-state index contributed by atoms with van der Waals surface area (Å²) < 4.78 is 0. The van der Waals surface area contributed by atoms with E-state index >= 15 is 0 Å². The zero-order valence-corrected chi connectivity index (χ0v) is 12.0. The third-order valence-corrected chi connectivity index (χ3v) is 3.70. The molecule has 2 rings (SSSR count). The highest BCUT2D eigenvalue weighted by atomic mass is 16.1. The first-order valence-electron chi connectivity index (χ1n) is 7.23. The Balaban J connectivity index is 1.95. The number of ketones is 1. The van der Waals surface area contributed by atoms with Gasteiger partial charge in [0.15, 0.2) is 5.78 Å². The van der Waals surface area contributed by atoms with Gasteiger partial charge in [-0.1, -0.05) is 38.1 Å². The number of rotatable bonds is 4. The molecule has 0 aliphatic carbocycles. The van der Waals surface area contributed by atoms with Crippen molar-refractivity contribution in [2.45, 2.75) is 26.2 Å². The van der Waals surface area contributed by atoms with Crippen molar-refractivity contribution in [1.29, 1.82) is 0 Å². The van der Waals surface area contributed by atoms with E-state index in [4.69, 9.17) is 0 Å². The fraction of sp³-hybridized carbons (Fsp3) is 0.562. The van der Waals surface area contributed by atoms with Crippen LogP contribution in [0.2, 0.25) is 0 Å². The van der Waals surface area contributed by atoms with Gasteiger partial charge in [0.25, 0.3) is 0 Å². The van der Waals surface area contributed by atoms with Crippen LogP contribution < -0.4 is 5.32 Å². The maximum absolute atomic E-state index is 12.2. The lowest BCUT2D eigenvalue weighted by Gasteiger charge is -2.18. The number of nitrogens with one attached hydrogen (secondary N) is 1. The number of carbonyl (C=O) groups excluding carboxylic acids is 1. The van der Waals surface area contributed by atoms with Gasteiger partial charge < -0.3 is 5.32 Å². The molecule has 1 heterocycles. The minimum Gasteiger partial charge on any atom is -0.315 e. The zero-order valence-electron chi connectivity index (χ0n) is 12.0. The molecule has 0 radical (unpaired) electrons. The van der Waals surface area contributed by atoms with Gasteiger partial charge in [0.05, 0.1) is 6.54 Å². The van der Waals surface area contributed by atoms with Gasteiger partial charge >= 0.3 is 0 Å². The molecule has 1 saturated heterocycles. The van der Waals surface area contributed by atoms with Crippen LogP contribution in [0.4, 0.5) is 0 Å². The maximum Gasteiger partial charge on any atom is 0.176 e. The van der Waals surface area contributed by atoms with Crippen molar-refractivity contribution in [3.05, 3.63) is 35.4 Å². The SMILES string of the molecule is CC(C)c1ccc(C(=O)CN2CCCNCC2)cc1. The van der Waals surface area contributed by atoms with E-state index in [0.29, 0.717) is 12.5 Å². The second-order valence-corrected chi connectivity index (χ2v) is 5.58. The molecule has 1 aliphatic rings. The molecule has 19 heavy (non-hydrogen) atoms. The van der Waals surface area contributed by atoms with Crippen molar-refractivity contribution >= 4 is 5.78 Å². The molecule has 1 N–H and O–H groups in total. The number of nitrogens with zero attached hydrogens (tertiary/aromatic N) is 1. The summed E-state index contributed by atoms with van der Waals surface area (Å²) in [4.78, 5) is 14.5. The highest BCUT2D eigenvalue weighted by Crippen LogP contribution is 2.15. The molecule has 3 nitrogen and oxygen atoms in total. The fourth-order valence-electron chi connectivity index (χ4n) is 2.41. The van der Waals surface area contributed by atoms with Gasteiger partial charge in [-0.25, -0.2) is 0 Å². The highest BCUT2D eigenvalue weighted by Gasteiger charge is 2.14. The van der Waals surface area contributed by atoms with Gasteiger partial charge in [0, 0.05) is 18.7 Å². The minimum atomic E-state index is 0.234. The Morgan fingerprint density at radius 1 is 1.21 bits per heavy atom. The van der Waals surface area contributed by atoms with E-state index in [2.05, 4.69) is 36.2 Å². The van der Waals surface area contributed by atoms with Gasteiger partial charge in [-0.05, 0) is 31.0 Å². The maximum atomic E-state index is 12.2. The predicted octanol–water partition coefficient (Wildman–Crippen LogP) is 2.29. The molecule has 0 unspecified atom stereocenters. The van der Waals surface area contributed by atoms with Gasteiger partial charge in [0.2, 0.25) is 0 Å². The average molecular weight is 260 g/mol. The van der Waals surface area contributed by atoms with Gasteiger partial charge in [-0.3, -0.25) is 9.69 Å². The van der Waals surface area contributed by atoms with Crippen molar-refractivity contribution in [2.75, 3.05) is 32.7 Å². The van der Waals surface area contributed by atoms with Crippen molar-refractivity contribution < 1.29 is 4.79 Å². The summed E-state index contributed by atoms with van der Waals surface area (Å²) in [5.41, 5.74) is 2.12. The van der Waals surface area contributed by atoms with Crippen LogP contribution in [0.25, 0.3) is 0 Å². The summed E-state index contributed by atoms with van der Waals surface area (Å²) in [6.45, 7) is 8.91. The van der Waals surface area contributed by atoms with Crippen molar-refractivity contribution in [2.24, 2.45) is 0 Å². The van der Waals surface area contributed by atoms with Crippen LogP contribution in [0.15, 0.2) is 24.3 Å². The van der Waals surface area contributed by atoms with E-state index in [0.717, 1.165) is 38.2 Å². The summed E-state index contributed by atoms with van der Waals surface area (Å²) in [7, 11) is 0. The zero-order chi connectivity index (χ0) is 13.7. The first kappa shape index (κ1) is 14.2. The number of hydrogen-bond donors (Lipinski definition) is 1. The molecule has 0 atom stereocenters. The number of hydrogen-bond acceptors (Lipinski definition) is 3. The van der Waals surface area contributed by atoms with Crippen molar-refractivity contribution in [3.8, 4) is 0 Å². The van der Waals surface area contributed by atoms with Crippen molar-refractivity contribution in [3.63, 3.8) is 0 Å². The Kier molecular flexibility index (Phi) is 5.11. The Bertz CT molecular complexity index is 403. The van der Waals surface area contributed by atoms with Crippen molar-refractivity contribution in [1.82, 2.24) is 10.2 Å². The Hall–Kier alpha value is -1.19. The monoisotopic (exact) mass is 260 g/mol. The third-order valence-electron chi connectivity index (χ3n) is 3.70. The van der Waals surface area contributed by atoms with Gasteiger partial charge in [-0.2, -0.15) is 0 Å².